The second kappa shape index (κ2) is 12.3. The third-order valence-electron chi connectivity index (χ3n) is 6.66. The second-order valence-corrected chi connectivity index (χ2v) is 9.49. The zero-order chi connectivity index (χ0) is 30.7. The highest BCUT2D eigenvalue weighted by atomic mass is 19.3. The van der Waals surface area contributed by atoms with E-state index in [0.29, 0.717) is 18.6 Å². The maximum absolute atomic E-state index is 15.0. The quantitative estimate of drug-likeness (QED) is 0.244. The Morgan fingerprint density at radius 2 is 1.69 bits per heavy atom. The first-order valence-corrected chi connectivity index (χ1v) is 12.5. The maximum Gasteiger partial charge on any atom is 0.461 e. The summed E-state index contributed by atoms with van der Waals surface area (Å²) in [6.07, 6.45) is -2.06. The third kappa shape index (κ3) is 6.58. The third-order valence-corrected chi connectivity index (χ3v) is 6.66. The van der Waals surface area contributed by atoms with Gasteiger partial charge in [-0.3, -0.25) is 4.79 Å². The van der Waals surface area contributed by atoms with Gasteiger partial charge in [0.05, 0.1) is 18.2 Å². The molecule has 0 heterocycles. The summed E-state index contributed by atoms with van der Waals surface area (Å²) in [5.74, 6) is -7.08. The number of halogens is 8. The van der Waals surface area contributed by atoms with Gasteiger partial charge in [0.15, 0.2) is 11.6 Å². The first-order chi connectivity index (χ1) is 19.8. The van der Waals surface area contributed by atoms with Gasteiger partial charge in [0.2, 0.25) is 0 Å². The fourth-order valence-electron chi connectivity index (χ4n) is 4.70. The van der Waals surface area contributed by atoms with Crippen LogP contribution in [0.3, 0.4) is 0 Å². The lowest BCUT2D eigenvalue weighted by atomic mass is 9.74. The summed E-state index contributed by atoms with van der Waals surface area (Å²) in [6, 6.07) is 7.61. The van der Waals surface area contributed by atoms with E-state index in [0.717, 1.165) is 43.5 Å². The molecule has 3 aromatic rings. The van der Waals surface area contributed by atoms with E-state index in [2.05, 4.69) is 10.1 Å². The number of hydrogen-bond acceptors (Lipinski definition) is 3. The van der Waals surface area contributed by atoms with Gasteiger partial charge in [-0.25, -0.2) is 17.6 Å². The number of allylic oxidation sites excluding steroid dienone is 4. The number of rotatable bonds is 10. The fourth-order valence-corrected chi connectivity index (χ4v) is 4.70. The van der Waals surface area contributed by atoms with Crippen molar-refractivity contribution < 1.29 is 49.4 Å². The molecule has 1 N–H and O–H groups in total. The van der Waals surface area contributed by atoms with Crippen molar-refractivity contribution in [3.8, 4) is 11.5 Å². The molecule has 0 bridgehead atoms. The normalized spacial score (nSPS) is 16.3. The van der Waals surface area contributed by atoms with Crippen LogP contribution in [0.25, 0.3) is 0 Å². The van der Waals surface area contributed by atoms with Crippen LogP contribution in [0.4, 0.5) is 35.1 Å². The van der Waals surface area contributed by atoms with Gasteiger partial charge in [0.25, 0.3) is 5.91 Å². The first-order valence-electron chi connectivity index (χ1n) is 12.5. The van der Waals surface area contributed by atoms with Gasteiger partial charge in [-0.05, 0) is 66.3 Å². The van der Waals surface area contributed by atoms with Crippen LogP contribution < -0.4 is 14.8 Å². The van der Waals surface area contributed by atoms with E-state index in [4.69, 9.17) is 4.74 Å². The van der Waals surface area contributed by atoms with Crippen molar-refractivity contribution in [3.63, 3.8) is 0 Å². The molecule has 42 heavy (non-hydrogen) atoms. The van der Waals surface area contributed by atoms with Crippen molar-refractivity contribution in [1.29, 1.82) is 0 Å². The molecule has 3 aromatic carbocycles. The molecule has 0 saturated carbocycles. The zero-order valence-electron chi connectivity index (χ0n) is 21.8. The van der Waals surface area contributed by atoms with Crippen LogP contribution >= 0.6 is 0 Å². The molecule has 0 fully saturated rings. The Morgan fingerprint density at radius 1 is 0.929 bits per heavy atom. The van der Waals surface area contributed by atoms with Crippen molar-refractivity contribution >= 4 is 5.91 Å². The zero-order valence-corrected chi connectivity index (χ0v) is 21.8. The molecular weight excluding hydrogens is 574 g/mol. The molecule has 4 nitrogen and oxygen atoms in total. The van der Waals surface area contributed by atoms with E-state index in [1.54, 1.807) is 24.3 Å². The Hall–Kier alpha value is -4.35. The fraction of sp³-hybridized carbons (Fsp3) is 0.233. The number of methoxy groups -OCH3 is 1. The number of ether oxygens (including phenoxy) is 2. The molecule has 1 unspecified atom stereocenters. The van der Waals surface area contributed by atoms with Gasteiger partial charge in [-0.1, -0.05) is 30.4 Å². The summed E-state index contributed by atoms with van der Waals surface area (Å²) in [5, 5.41) is 2.60. The molecule has 2 atom stereocenters. The number of nitrogens with one attached hydrogen (secondary N) is 1. The Morgan fingerprint density at radius 3 is 2.33 bits per heavy atom. The minimum absolute atomic E-state index is 0.0387. The van der Waals surface area contributed by atoms with E-state index in [1.165, 1.54) is 6.07 Å². The molecule has 0 aliphatic heterocycles. The Labute approximate surface area is 235 Å². The standard InChI is InChI=1S/C30H23F8NO3/c1-41-26-13-18(7-10-24(26)33)29(16-17-5-3-2-4-6-17,39-27(40)23-9-8-20(31)15-25(23)34)19-11-21(32)14-22(12-19)42-30(37,38)28(35)36/h2-5,7-15,17,28H,6,16H2,1H3,(H,39,40)/t17?,29-/m1/s1. The molecule has 1 aliphatic carbocycles. The SMILES string of the molecule is COc1cc([C@@](CC2C=CC=CC2)(NC(=O)c2ccc(F)cc2F)c2cc(F)cc(OC(F)(F)C(F)F)c2)ccc1F. The van der Waals surface area contributed by atoms with E-state index >= 15 is 0 Å². The highest BCUT2D eigenvalue weighted by Crippen LogP contribution is 2.42. The summed E-state index contributed by atoms with van der Waals surface area (Å²) in [4.78, 5) is 13.5. The van der Waals surface area contributed by atoms with Crippen LogP contribution in [-0.4, -0.2) is 25.6 Å². The predicted molar refractivity (Wildman–Crippen MR) is 137 cm³/mol. The van der Waals surface area contributed by atoms with Crippen molar-refractivity contribution in [1.82, 2.24) is 5.32 Å². The Kier molecular flexibility index (Phi) is 8.93. The van der Waals surface area contributed by atoms with Crippen molar-refractivity contribution in [2.24, 2.45) is 5.92 Å². The molecule has 1 amide bonds. The topological polar surface area (TPSA) is 47.6 Å². The molecule has 222 valence electrons. The first kappa shape index (κ1) is 30.6. The molecule has 1 aliphatic rings. The van der Waals surface area contributed by atoms with Crippen molar-refractivity contribution in [3.05, 3.63) is 119 Å². The number of hydrogen-bond donors (Lipinski definition) is 1. The molecule has 0 radical (unpaired) electrons. The van der Waals surface area contributed by atoms with Crippen molar-refractivity contribution in [2.75, 3.05) is 7.11 Å². The highest BCUT2D eigenvalue weighted by molar-refractivity contribution is 5.95. The monoisotopic (exact) mass is 597 g/mol. The number of amides is 1. The largest absolute Gasteiger partial charge is 0.494 e. The van der Waals surface area contributed by atoms with Gasteiger partial charge in [0, 0.05) is 12.1 Å². The minimum Gasteiger partial charge on any atom is -0.494 e. The number of benzene rings is 3. The summed E-state index contributed by atoms with van der Waals surface area (Å²) < 4.78 is 120. The van der Waals surface area contributed by atoms with E-state index in [-0.39, 0.29) is 23.3 Å². The van der Waals surface area contributed by atoms with Crippen LogP contribution in [0.1, 0.15) is 34.3 Å². The molecule has 0 aromatic heterocycles. The van der Waals surface area contributed by atoms with Crippen molar-refractivity contribution in [2.45, 2.75) is 30.9 Å². The lowest BCUT2D eigenvalue weighted by Crippen LogP contribution is -2.48. The lowest BCUT2D eigenvalue weighted by molar-refractivity contribution is -0.253. The van der Waals surface area contributed by atoms with Crippen LogP contribution in [0.5, 0.6) is 11.5 Å². The van der Waals surface area contributed by atoms with Gasteiger partial charge in [0.1, 0.15) is 23.2 Å². The van der Waals surface area contributed by atoms with Gasteiger partial charge in [-0.2, -0.15) is 17.6 Å². The smallest absolute Gasteiger partial charge is 0.461 e. The molecule has 0 saturated heterocycles. The average Bonchev–Trinajstić information content (AvgIpc) is 2.92. The summed E-state index contributed by atoms with van der Waals surface area (Å²) in [7, 11) is 1.16. The molecular formula is C30H23F8NO3. The van der Waals surface area contributed by atoms with E-state index in [9.17, 15) is 39.9 Å². The summed E-state index contributed by atoms with van der Waals surface area (Å²) in [5.41, 5.74) is -2.82. The minimum atomic E-state index is -5.00. The van der Waals surface area contributed by atoms with Crippen LogP contribution in [0, 0.1) is 29.2 Å². The summed E-state index contributed by atoms with van der Waals surface area (Å²) in [6.45, 7) is 0. The number of carbonyl (C=O) groups excluding carboxylic acids is 1. The van der Waals surface area contributed by atoms with Crippen LogP contribution in [-0.2, 0) is 5.54 Å². The highest BCUT2D eigenvalue weighted by Gasteiger charge is 2.45. The van der Waals surface area contributed by atoms with Gasteiger partial charge < -0.3 is 14.8 Å². The Bertz CT molecular complexity index is 1520. The molecule has 12 heteroatoms. The predicted octanol–water partition coefficient (Wildman–Crippen LogP) is 7.68. The van der Waals surface area contributed by atoms with E-state index < -0.39 is 64.5 Å². The summed E-state index contributed by atoms with van der Waals surface area (Å²) >= 11 is 0. The van der Waals surface area contributed by atoms with Gasteiger partial charge >= 0.3 is 12.5 Å². The van der Waals surface area contributed by atoms with Gasteiger partial charge in [-0.15, -0.1) is 0 Å². The maximum atomic E-state index is 15.0. The number of carbonyl (C=O) groups is 1. The molecule has 4 rings (SSSR count). The number of alkyl halides is 4. The van der Waals surface area contributed by atoms with Crippen LogP contribution in [0.15, 0.2) is 78.9 Å². The van der Waals surface area contributed by atoms with Crippen LogP contribution in [0.2, 0.25) is 0 Å². The molecule has 0 spiro atoms. The average molecular weight is 598 g/mol. The van der Waals surface area contributed by atoms with E-state index in [1.807, 2.05) is 0 Å². The lowest BCUT2D eigenvalue weighted by Gasteiger charge is -2.39. The second-order valence-electron chi connectivity index (χ2n) is 9.49. The Balaban J connectivity index is 1.97.